The van der Waals surface area contributed by atoms with Gasteiger partial charge in [0.1, 0.15) is 5.82 Å². The zero-order valence-corrected chi connectivity index (χ0v) is 19.2. The standard InChI is InChI=1S/C25H22FN5O2S/c1-2-17-12-14-18(15-13-17)24(33)29-27-22(32)16-34-25-30-28-23(20-10-6-7-11-21(20)26)31(25)19-8-4-3-5-9-19/h3-15H,2,16H2,1H3,(H,27,32)(H,29,33). The van der Waals surface area contributed by atoms with E-state index in [4.69, 9.17) is 0 Å². The maximum absolute atomic E-state index is 14.5. The van der Waals surface area contributed by atoms with Gasteiger partial charge >= 0.3 is 0 Å². The van der Waals surface area contributed by atoms with E-state index in [1.165, 1.54) is 6.07 Å². The molecule has 1 heterocycles. The molecule has 0 saturated carbocycles. The second kappa shape index (κ2) is 10.8. The van der Waals surface area contributed by atoms with Crippen LogP contribution in [0, 0.1) is 5.82 Å². The molecule has 172 valence electrons. The third-order valence-corrected chi connectivity index (χ3v) is 5.96. The fraction of sp³-hybridized carbons (Fsp3) is 0.120. The number of nitrogens with one attached hydrogen (secondary N) is 2. The van der Waals surface area contributed by atoms with Gasteiger partial charge in [-0.3, -0.25) is 25.0 Å². The molecule has 1 aromatic heterocycles. The quantitative estimate of drug-likeness (QED) is 0.309. The first kappa shape index (κ1) is 23.2. The highest BCUT2D eigenvalue weighted by Crippen LogP contribution is 2.29. The van der Waals surface area contributed by atoms with Gasteiger partial charge in [0.2, 0.25) is 5.91 Å². The Balaban J connectivity index is 1.46. The highest BCUT2D eigenvalue weighted by Gasteiger charge is 2.19. The van der Waals surface area contributed by atoms with Crippen LogP contribution < -0.4 is 10.9 Å². The molecule has 0 radical (unpaired) electrons. The van der Waals surface area contributed by atoms with Crippen LogP contribution >= 0.6 is 11.8 Å². The van der Waals surface area contributed by atoms with Crippen molar-refractivity contribution < 1.29 is 14.0 Å². The number of amides is 2. The summed E-state index contributed by atoms with van der Waals surface area (Å²) < 4.78 is 16.2. The number of hydrazine groups is 1. The van der Waals surface area contributed by atoms with Crippen LogP contribution in [0.2, 0.25) is 0 Å². The Labute approximate surface area is 200 Å². The monoisotopic (exact) mass is 475 g/mol. The van der Waals surface area contributed by atoms with E-state index in [0.29, 0.717) is 22.1 Å². The van der Waals surface area contributed by atoms with E-state index < -0.39 is 17.6 Å². The number of aromatic nitrogens is 3. The molecule has 2 amide bonds. The number of thioether (sulfide) groups is 1. The van der Waals surface area contributed by atoms with Gasteiger partial charge in [0.25, 0.3) is 5.91 Å². The van der Waals surface area contributed by atoms with Gasteiger partial charge in [-0.15, -0.1) is 10.2 Å². The Morgan fingerprint density at radius 2 is 1.62 bits per heavy atom. The number of benzene rings is 3. The van der Waals surface area contributed by atoms with Gasteiger partial charge in [0, 0.05) is 11.3 Å². The molecule has 0 unspecified atom stereocenters. The molecule has 0 aliphatic carbocycles. The topological polar surface area (TPSA) is 88.9 Å². The van der Waals surface area contributed by atoms with Crippen LogP contribution in [-0.4, -0.2) is 32.3 Å². The Bertz CT molecular complexity index is 1290. The molecule has 0 spiro atoms. The minimum atomic E-state index is -0.420. The molecule has 0 fully saturated rings. The first-order valence-corrected chi connectivity index (χ1v) is 11.6. The molecule has 0 aliphatic heterocycles. The van der Waals surface area contributed by atoms with E-state index in [0.717, 1.165) is 29.4 Å². The van der Waals surface area contributed by atoms with Crippen molar-refractivity contribution >= 4 is 23.6 Å². The van der Waals surface area contributed by atoms with Crippen LogP contribution in [0.15, 0.2) is 84.0 Å². The summed E-state index contributed by atoms with van der Waals surface area (Å²) in [5.74, 6) is -0.946. The molecule has 0 atom stereocenters. The number of para-hydroxylation sites is 1. The van der Waals surface area contributed by atoms with Crippen molar-refractivity contribution in [3.05, 3.63) is 95.8 Å². The number of carbonyl (C=O) groups excluding carboxylic acids is 2. The number of aryl methyl sites for hydroxylation is 1. The van der Waals surface area contributed by atoms with Gasteiger partial charge in [-0.2, -0.15) is 0 Å². The minimum Gasteiger partial charge on any atom is -0.272 e. The third-order valence-electron chi connectivity index (χ3n) is 5.03. The lowest BCUT2D eigenvalue weighted by Crippen LogP contribution is -2.42. The number of nitrogens with zero attached hydrogens (tertiary/aromatic N) is 3. The van der Waals surface area contributed by atoms with Crippen molar-refractivity contribution in [2.24, 2.45) is 0 Å². The summed E-state index contributed by atoms with van der Waals surface area (Å²) in [5.41, 5.74) is 7.43. The van der Waals surface area contributed by atoms with Crippen molar-refractivity contribution in [1.82, 2.24) is 25.6 Å². The number of hydrogen-bond donors (Lipinski definition) is 2. The normalized spacial score (nSPS) is 10.6. The lowest BCUT2D eigenvalue weighted by atomic mass is 10.1. The van der Waals surface area contributed by atoms with Crippen molar-refractivity contribution in [3.8, 4) is 17.1 Å². The van der Waals surface area contributed by atoms with Crippen molar-refractivity contribution in [3.63, 3.8) is 0 Å². The zero-order chi connectivity index (χ0) is 23.9. The van der Waals surface area contributed by atoms with Crippen LogP contribution in [-0.2, 0) is 11.2 Å². The fourth-order valence-electron chi connectivity index (χ4n) is 3.25. The Hall–Kier alpha value is -3.98. The Morgan fingerprint density at radius 1 is 0.912 bits per heavy atom. The van der Waals surface area contributed by atoms with Crippen LogP contribution in [0.1, 0.15) is 22.8 Å². The van der Waals surface area contributed by atoms with Crippen LogP contribution in [0.4, 0.5) is 4.39 Å². The molecular formula is C25H22FN5O2S. The van der Waals surface area contributed by atoms with Gasteiger partial charge in [-0.25, -0.2) is 4.39 Å². The van der Waals surface area contributed by atoms with E-state index in [-0.39, 0.29) is 5.75 Å². The van der Waals surface area contributed by atoms with Crippen molar-refractivity contribution in [2.75, 3.05) is 5.75 Å². The average Bonchev–Trinajstić information content (AvgIpc) is 3.30. The lowest BCUT2D eigenvalue weighted by Gasteiger charge is -2.11. The maximum atomic E-state index is 14.5. The summed E-state index contributed by atoms with van der Waals surface area (Å²) in [5, 5.41) is 8.78. The highest BCUT2D eigenvalue weighted by atomic mass is 32.2. The van der Waals surface area contributed by atoms with Gasteiger partial charge in [0.15, 0.2) is 11.0 Å². The maximum Gasteiger partial charge on any atom is 0.269 e. The van der Waals surface area contributed by atoms with Crippen molar-refractivity contribution in [2.45, 2.75) is 18.5 Å². The zero-order valence-electron chi connectivity index (χ0n) is 18.4. The summed E-state index contributed by atoms with van der Waals surface area (Å²) in [6.07, 6.45) is 0.877. The highest BCUT2D eigenvalue weighted by molar-refractivity contribution is 7.99. The molecule has 0 saturated heterocycles. The third kappa shape index (κ3) is 5.32. The fourth-order valence-corrected chi connectivity index (χ4v) is 4.00. The molecule has 2 N–H and O–H groups in total. The number of rotatable bonds is 7. The molecule has 3 aromatic carbocycles. The summed E-state index contributed by atoms with van der Waals surface area (Å²) >= 11 is 1.13. The molecular weight excluding hydrogens is 453 g/mol. The van der Waals surface area contributed by atoms with Crippen LogP contribution in [0.25, 0.3) is 17.1 Å². The van der Waals surface area contributed by atoms with Crippen molar-refractivity contribution in [1.29, 1.82) is 0 Å². The Morgan fingerprint density at radius 3 is 2.32 bits per heavy atom. The number of halogens is 1. The van der Waals surface area contributed by atoms with E-state index >= 15 is 0 Å². The minimum absolute atomic E-state index is 0.0305. The summed E-state index contributed by atoms with van der Waals surface area (Å²) in [4.78, 5) is 24.6. The van der Waals surface area contributed by atoms with Crippen LogP contribution in [0.3, 0.4) is 0 Å². The largest absolute Gasteiger partial charge is 0.272 e. The molecule has 4 rings (SSSR count). The second-order valence-corrected chi connectivity index (χ2v) is 8.24. The Kier molecular flexibility index (Phi) is 7.34. The van der Waals surface area contributed by atoms with Gasteiger partial charge in [-0.1, -0.05) is 61.2 Å². The molecule has 0 bridgehead atoms. The van der Waals surface area contributed by atoms with E-state index in [1.54, 1.807) is 34.9 Å². The lowest BCUT2D eigenvalue weighted by molar-refractivity contribution is -0.119. The van der Waals surface area contributed by atoms with Gasteiger partial charge in [-0.05, 0) is 48.4 Å². The van der Waals surface area contributed by atoms with E-state index in [2.05, 4.69) is 21.0 Å². The molecule has 0 aliphatic rings. The summed E-state index contributed by atoms with van der Waals surface area (Å²) in [6, 6.07) is 22.7. The second-order valence-electron chi connectivity index (χ2n) is 7.30. The van der Waals surface area contributed by atoms with E-state index in [9.17, 15) is 14.0 Å². The molecule has 4 aromatic rings. The average molecular weight is 476 g/mol. The first-order valence-electron chi connectivity index (χ1n) is 10.6. The molecule has 7 nitrogen and oxygen atoms in total. The molecule has 9 heteroatoms. The number of carbonyl (C=O) groups is 2. The SMILES string of the molecule is CCc1ccc(C(=O)NNC(=O)CSc2nnc(-c3ccccc3F)n2-c2ccccc2)cc1. The van der Waals surface area contributed by atoms with Gasteiger partial charge < -0.3 is 0 Å². The predicted molar refractivity (Wildman–Crippen MR) is 129 cm³/mol. The molecule has 34 heavy (non-hydrogen) atoms. The predicted octanol–water partition coefficient (Wildman–Crippen LogP) is 4.19. The first-order chi connectivity index (χ1) is 16.6. The smallest absolute Gasteiger partial charge is 0.269 e. The summed E-state index contributed by atoms with van der Waals surface area (Å²) in [7, 11) is 0. The van der Waals surface area contributed by atoms with Crippen LogP contribution in [0.5, 0.6) is 0 Å². The van der Waals surface area contributed by atoms with E-state index in [1.807, 2.05) is 49.4 Å². The number of hydrogen-bond acceptors (Lipinski definition) is 5. The van der Waals surface area contributed by atoms with Gasteiger partial charge in [0.05, 0.1) is 11.3 Å². The summed E-state index contributed by atoms with van der Waals surface area (Å²) in [6.45, 7) is 2.03.